The molecular formula is C18H21N5O4S2. The standard InChI is InChI=1S/C18H21N5O4S2/c1-29(24,25)22-6-2-3-13(11-22)17-19-20-18-23(17)21-16(28-18)10-12-4-5-14-15(9-12)27-8-7-26-14/h4-5,9,13H,2-3,6-8,10-11H2,1H3. The molecule has 1 fully saturated rings. The van der Waals surface area contributed by atoms with Crippen LogP contribution in [0.5, 0.6) is 11.5 Å². The van der Waals surface area contributed by atoms with Gasteiger partial charge in [0.05, 0.1) is 6.26 Å². The maximum atomic E-state index is 11.9. The van der Waals surface area contributed by atoms with Gasteiger partial charge in [0.25, 0.3) is 0 Å². The van der Waals surface area contributed by atoms with Crippen molar-refractivity contribution in [3.05, 3.63) is 34.6 Å². The molecule has 1 aromatic carbocycles. The van der Waals surface area contributed by atoms with E-state index < -0.39 is 10.0 Å². The van der Waals surface area contributed by atoms with E-state index in [4.69, 9.17) is 14.6 Å². The van der Waals surface area contributed by atoms with Crippen LogP contribution in [0.1, 0.15) is 35.2 Å². The predicted octanol–water partition coefficient (Wildman–Crippen LogP) is 1.69. The Morgan fingerprint density at radius 2 is 2.03 bits per heavy atom. The van der Waals surface area contributed by atoms with Gasteiger partial charge in [-0.3, -0.25) is 0 Å². The molecule has 9 nitrogen and oxygen atoms in total. The van der Waals surface area contributed by atoms with Crippen LogP contribution in [0.2, 0.25) is 0 Å². The number of ether oxygens (including phenoxy) is 2. The van der Waals surface area contributed by atoms with E-state index >= 15 is 0 Å². The Morgan fingerprint density at radius 3 is 2.86 bits per heavy atom. The average Bonchev–Trinajstić information content (AvgIpc) is 3.27. The summed E-state index contributed by atoms with van der Waals surface area (Å²) in [5.74, 6) is 2.27. The van der Waals surface area contributed by atoms with Gasteiger partial charge in [0.2, 0.25) is 15.0 Å². The number of hydrogen-bond donors (Lipinski definition) is 0. The first-order valence-electron chi connectivity index (χ1n) is 9.52. The summed E-state index contributed by atoms with van der Waals surface area (Å²) in [7, 11) is -3.21. The highest BCUT2D eigenvalue weighted by molar-refractivity contribution is 7.88. The molecule has 0 amide bonds. The van der Waals surface area contributed by atoms with Crippen LogP contribution in [-0.4, -0.2) is 65.1 Å². The second kappa shape index (κ2) is 7.22. The lowest BCUT2D eigenvalue weighted by Crippen LogP contribution is -2.38. The van der Waals surface area contributed by atoms with Gasteiger partial charge in [0, 0.05) is 25.4 Å². The van der Waals surface area contributed by atoms with Crippen molar-refractivity contribution in [2.24, 2.45) is 0 Å². The molecule has 11 heteroatoms. The lowest BCUT2D eigenvalue weighted by Gasteiger charge is -2.29. The Kier molecular flexibility index (Phi) is 4.67. The molecule has 0 aliphatic carbocycles. The number of benzene rings is 1. The van der Waals surface area contributed by atoms with E-state index in [9.17, 15) is 8.42 Å². The van der Waals surface area contributed by atoms with E-state index in [1.54, 1.807) is 4.52 Å². The van der Waals surface area contributed by atoms with Crippen molar-refractivity contribution >= 4 is 26.3 Å². The Balaban J connectivity index is 1.39. The number of rotatable bonds is 4. The summed E-state index contributed by atoms with van der Waals surface area (Å²) in [5.41, 5.74) is 1.08. The van der Waals surface area contributed by atoms with Gasteiger partial charge in [-0.15, -0.1) is 10.2 Å². The van der Waals surface area contributed by atoms with Crippen molar-refractivity contribution in [3.8, 4) is 11.5 Å². The molecule has 154 valence electrons. The fourth-order valence-electron chi connectivity index (χ4n) is 3.82. The molecule has 29 heavy (non-hydrogen) atoms. The molecule has 1 atom stereocenters. The van der Waals surface area contributed by atoms with Crippen LogP contribution in [-0.2, 0) is 16.4 Å². The zero-order valence-electron chi connectivity index (χ0n) is 15.9. The van der Waals surface area contributed by atoms with E-state index in [1.165, 1.54) is 21.9 Å². The molecule has 0 saturated carbocycles. The van der Waals surface area contributed by atoms with E-state index in [1.807, 2.05) is 18.2 Å². The van der Waals surface area contributed by atoms with Crippen molar-refractivity contribution in [1.82, 2.24) is 24.1 Å². The predicted molar refractivity (Wildman–Crippen MR) is 107 cm³/mol. The molecule has 0 N–H and O–H groups in total. The number of nitrogens with zero attached hydrogens (tertiary/aromatic N) is 5. The first-order chi connectivity index (χ1) is 14.0. The number of fused-ring (bicyclic) bond motifs is 2. The van der Waals surface area contributed by atoms with Crippen LogP contribution >= 0.6 is 11.3 Å². The first kappa shape index (κ1) is 18.8. The lowest BCUT2D eigenvalue weighted by atomic mass is 9.99. The van der Waals surface area contributed by atoms with Crippen molar-refractivity contribution < 1.29 is 17.9 Å². The van der Waals surface area contributed by atoms with Gasteiger partial charge in [0.15, 0.2) is 17.3 Å². The van der Waals surface area contributed by atoms with Crippen LogP contribution < -0.4 is 9.47 Å². The third-order valence-corrected chi connectivity index (χ3v) is 7.41. The zero-order valence-corrected chi connectivity index (χ0v) is 17.6. The third kappa shape index (κ3) is 3.69. The summed E-state index contributed by atoms with van der Waals surface area (Å²) in [4.78, 5) is 0.726. The molecular weight excluding hydrogens is 414 g/mol. The van der Waals surface area contributed by atoms with E-state index in [0.717, 1.165) is 45.7 Å². The van der Waals surface area contributed by atoms with Crippen LogP contribution in [0.15, 0.2) is 18.2 Å². The summed E-state index contributed by atoms with van der Waals surface area (Å²) < 4.78 is 38.4. The molecule has 2 aliphatic heterocycles. The van der Waals surface area contributed by atoms with Gasteiger partial charge in [-0.05, 0) is 30.5 Å². The minimum atomic E-state index is -3.21. The smallest absolute Gasteiger partial charge is 0.234 e. The Bertz CT molecular complexity index is 1160. The van der Waals surface area contributed by atoms with Gasteiger partial charge in [-0.1, -0.05) is 17.4 Å². The minimum Gasteiger partial charge on any atom is -0.486 e. The Hall–Kier alpha value is -2.24. The van der Waals surface area contributed by atoms with Gasteiger partial charge in [-0.2, -0.15) is 9.61 Å². The fraction of sp³-hybridized carbons (Fsp3) is 0.500. The van der Waals surface area contributed by atoms with Gasteiger partial charge in [-0.25, -0.2) is 12.7 Å². The second-order valence-corrected chi connectivity index (χ2v) is 10.4. The molecule has 0 spiro atoms. The average molecular weight is 436 g/mol. The normalized spacial score (nSPS) is 20.2. The summed E-state index contributed by atoms with van der Waals surface area (Å²) in [5, 5.41) is 14.2. The first-order valence-corrected chi connectivity index (χ1v) is 12.2. The number of aromatic nitrogens is 4. The molecule has 5 rings (SSSR count). The van der Waals surface area contributed by atoms with Crippen molar-refractivity contribution in [1.29, 1.82) is 0 Å². The topological polar surface area (TPSA) is 98.9 Å². The fourth-order valence-corrected chi connectivity index (χ4v) is 5.61. The maximum Gasteiger partial charge on any atom is 0.234 e. The second-order valence-electron chi connectivity index (χ2n) is 7.36. The summed E-state index contributed by atoms with van der Waals surface area (Å²) in [6, 6.07) is 5.93. The molecule has 0 bridgehead atoms. The monoisotopic (exact) mass is 435 g/mol. The molecule has 0 radical (unpaired) electrons. The largest absolute Gasteiger partial charge is 0.486 e. The number of piperidine rings is 1. The van der Waals surface area contributed by atoms with Crippen molar-refractivity contribution in [2.45, 2.75) is 25.2 Å². The van der Waals surface area contributed by atoms with E-state index in [-0.39, 0.29) is 5.92 Å². The van der Waals surface area contributed by atoms with Gasteiger partial charge >= 0.3 is 0 Å². The highest BCUT2D eigenvalue weighted by Crippen LogP contribution is 2.32. The summed E-state index contributed by atoms with van der Waals surface area (Å²) in [6.07, 6.45) is 3.59. The number of sulfonamides is 1. The van der Waals surface area contributed by atoms with Crippen molar-refractivity contribution in [3.63, 3.8) is 0 Å². The lowest BCUT2D eigenvalue weighted by molar-refractivity contribution is 0.171. The van der Waals surface area contributed by atoms with Crippen LogP contribution in [0.3, 0.4) is 0 Å². The molecule has 1 saturated heterocycles. The van der Waals surface area contributed by atoms with E-state index in [0.29, 0.717) is 32.7 Å². The van der Waals surface area contributed by atoms with Crippen molar-refractivity contribution in [2.75, 3.05) is 32.6 Å². The Labute approximate surface area is 172 Å². The van der Waals surface area contributed by atoms with Gasteiger partial charge in [0.1, 0.15) is 18.2 Å². The van der Waals surface area contributed by atoms with Crippen LogP contribution in [0.25, 0.3) is 4.96 Å². The van der Waals surface area contributed by atoms with Gasteiger partial charge < -0.3 is 9.47 Å². The maximum absolute atomic E-state index is 11.9. The SMILES string of the molecule is CS(=O)(=O)N1CCCC(c2nnc3sc(Cc4ccc5c(c4)OCCO5)nn23)C1. The molecule has 3 aromatic rings. The Morgan fingerprint density at radius 1 is 1.21 bits per heavy atom. The van der Waals surface area contributed by atoms with Crippen LogP contribution in [0, 0.1) is 0 Å². The highest BCUT2D eigenvalue weighted by atomic mass is 32.2. The quantitative estimate of drug-likeness (QED) is 0.615. The third-order valence-electron chi connectivity index (χ3n) is 5.24. The minimum absolute atomic E-state index is 0.00211. The zero-order chi connectivity index (χ0) is 20.0. The summed E-state index contributed by atoms with van der Waals surface area (Å²) >= 11 is 1.50. The van der Waals surface area contributed by atoms with E-state index in [2.05, 4.69) is 10.2 Å². The number of hydrogen-bond acceptors (Lipinski definition) is 8. The molecule has 2 aromatic heterocycles. The summed E-state index contributed by atoms with van der Waals surface area (Å²) in [6.45, 7) is 2.12. The molecule has 2 aliphatic rings. The molecule has 4 heterocycles. The van der Waals surface area contributed by atoms with Crippen LogP contribution in [0.4, 0.5) is 0 Å². The highest BCUT2D eigenvalue weighted by Gasteiger charge is 2.30. The molecule has 1 unspecified atom stereocenters.